The maximum Gasteiger partial charge on any atom is 0.408 e. The maximum absolute atomic E-state index is 13.2. The first-order valence-electron chi connectivity index (χ1n) is 10.2. The lowest BCUT2D eigenvalue weighted by Crippen LogP contribution is -2.51. The summed E-state index contributed by atoms with van der Waals surface area (Å²) in [4.78, 5) is 39.4. The number of alkyl carbamates (subject to hydrolysis) is 1. The summed E-state index contributed by atoms with van der Waals surface area (Å²) in [6.07, 6.45) is 0.902. The van der Waals surface area contributed by atoms with Gasteiger partial charge in [0.1, 0.15) is 18.2 Å². The highest BCUT2D eigenvalue weighted by molar-refractivity contribution is 5.90. The first-order valence-corrected chi connectivity index (χ1v) is 10.2. The average Bonchev–Trinajstić information content (AvgIpc) is 2.63. The highest BCUT2D eigenvalue weighted by Gasteiger charge is 2.33. The van der Waals surface area contributed by atoms with Crippen LogP contribution in [0.2, 0.25) is 0 Å². The Morgan fingerprint density at radius 2 is 1.84 bits per heavy atom. The summed E-state index contributed by atoms with van der Waals surface area (Å²) in [6, 6.07) is 6.10. The number of ether oxygens (including phenoxy) is 1. The number of aliphatic hydroxyl groups excluding tert-OH is 1. The van der Waals surface area contributed by atoms with E-state index in [2.05, 4.69) is 17.2 Å². The third kappa shape index (κ3) is 9.21. The van der Waals surface area contributed by atoms with Gasteiger partial charge < -0.3 is 25.4 Å². The van der Waals surface area contributed by atoms with Crippen LogP contribution in [0.25, 0.3) is 6.08 Å². The summed E-state index contributed by atoms with van der Waals surface area (Å²) in [5.74, 6) is -0.925. The number of carbonyl (C=O) groups is 3. The molecule has 0 saturated carbocycles. The zero-order valence-corrected chi connectivity index (χ0v) is 19.3. The number of aliphatic hydroxyl groups is 1. The summed E-state index contributed by atoms with van der Waals surface area (Å²) in [5, 5.41) is 14.9. The highest BCUT2D eigenvalue weighted by atomic mass is 16.6. The van der Waals surface area contributed by atoms with Crippen LogP contribution in [0.3, 0.4) is 0 Å². The molecule has 31 heavy (non-hydrogen) atoms. The number of carbonyl (C=O) groups excluding carboxylic acids is 3. The van der Waals surface area contributed by atoms with E-state index in [1.54, 1.807) is 45.0 Å². The number of nitrogens with zero attached hydrogens (tertiary/aromatic N) is 1. The van der Waals surface area contributed by atoms with Crippen LogP contribution >= 0.6 is 0 Å². The van der Waals surface area contributed by atoms with Crippen molar-refractivity contribution in [2.75, 3.05) is 19.7 Å². The zero-order valence-electron chi connectivity index (χ0n) is 19.3. The number of benzene rings is 1. The normalized spacial score (nSPS) is 12.5. The molecule has 0 aliphatic rings. The molecule has 0 heterocycles. The fourth-order valence-electron chi connectivity index (χ4n) is 2.84. The minimum absolute atomic E-state index is 0.0879. The van der Waals surface area contributed by atoms with Crippen molar-refractivity contribution in [1.82, 2.24) is 15.5 Å². The lowest BCUT2D eigenvalue weighted by molar-refractivity contribution is -0.141. The number of hydrogen-bond acceptors (Lipinski definition) is 5. The number of amides is 3. The number of hydrogen-bond donors (Lipinski definition) is 3. The Morgan fingerprint density at radius 3 is 2.35 bits per heavy atom. The van der Waals surface area contributed by atoms with E-state index in [0.29, 0.717) is 5.56 Å². The molecule has 1 aromatic carbocycles. The minimum atomic E-state index is -1.00. The van der Waals surface area contributed by atoms with E-state index in [0.717, 1.165) is 5.56 Å². The van der Waals surface area contributed by atoms with Gasteiger partial charge in [-0.05, 0) is 58.7 Å². The maximum atomic E-state index is 13.2. The molecule has 0 aliphatic heterocycles. The Morgan fingerprint density at radius 1 is 1.19 bits per heavy atom. The van der Waals surface area contributed by atoms with Gasteiger partial charge in [-0.3, -0.25) is 9.59 Å². The van der Waals surface area contributed by atoms with E-state index < -0.39 is 35.1 Å². The molecule has 0 aliphatic carbocycles. The molecular formula is C23H35N3O5. The molecule has 1 rings (SSSR count). The quantitative estimate of drug-likeness (QED) is 0.584. The van der Waals surface area contributed by atoms with E-state index >= 15 is 0 Å². The molecule has 3 N–H and O–H groups in total. The van der Waals surface area contributed by atoms with Crippen molar-refractivity contribution >= 4 is 24.0 Å². The van der Waals surface area contributed by atoms with E-state index in [1.165, 1.54) is 4.90 Å². The fraction of sp³-hybridized carbons (Fsp3) is 0.522. The first-order chi connectivity index (χ1) is 14.3. The van der Waals surface area contributed by atoms with Gasteiger partial charge in [-0.25, -0.2) is 4.79 Å². The summed E-state index contributed by atoms with van der Waals surface area (Å²) >= 11 is 0. The van der Waals surface area contributed by atoms with Gasteiger partial charge in [0.05, 0.1) is 6.61 Å². The van der Waals surface area contributed by atoms with Crippen LogP contribution in [0.1, 0.15) is 58.7 Å². The fourth-order valence-corrected chi connectivity index (χ4v) is 2.84. The summed E-state index contributed by atoms with van der Waals surface area (Å²) in [7, 11) is 0. The molecule has 3 amide bonds. The first kappa shape index (κ1) is 26.2. The highest BCUT2D eigenvalue weighted by Crippen LogP contribution is 2.24. The second-order valence-electron chi connectivity index (χ2n) is 9.18. The van der Waals surface area contributed by atoms with E-state index in [-0.39, 0.29) is 19.7 Å². The van der Waals surface area contributed by atoms with Gasteiger partial charge in [0.2, 0.25) is 11.8 Å². The molecule has 0 radical (unpaired) electrons. The molecule has 0 spiro atoms. The van der Waals surface area contributed by atoms with Gasteiger partial charge in [-0.2, -0.15) is 0 Å². The Hall–Kier alpha value is -2.87. The van der Waals surface area contributed by atoms with Crippen LogP contribution in [0.15, 0.2) is 30.8 Å². The smallest absolute Gasteiger partial charge is 0.408 e. The predicted molar refractivity (Wildman–Crippen MR) is 120 cm³/mol. The molecule has 172 valence electrons. The topological polar surface area (TPSA) is 108 Å². The van der Waals surface area contributed by atoms with E-state index in [4.69, 9.17) is 4.74 Å². The van der Waals surface area contributed by atoms with Gasteiger partial charge in [0.25, 0.3) is 0 Å². The Bertz CT molecular complexity index is 793. The van der Waals surface area contributed by atoms with Crippen LogP contribution in [0, 0.1) is 0 Å². The van der Waals surface area contributed by atoms with Crippen LogP contribution < -0.4 is 10.6 Å². The molecule has 0 bridgehead atoms. The molecule has 0 saturated heterocycles. The molecule has 0 aromatic heterocycles. The third-order valence-corrected chi connectivity index (χ3v) is 3.96. The zero-order chi connectivity index (χ0) is 23.8. The molecule has 1 unspecified atom stereocenters. The van der Waals surface area contributed by atoms with Crippen LogP contribution in [0.4, 0.5) is 4.79 Å². The Kier molecular flexibility index (Phi) is 9.24. The van der Waals surface area contributed by atoms with Gasteiger partial charge in [-0.1, -0.05) is 30.9 Å². The third-order valence-electron chi connectivity index (χ3n) is 3.96. The van der Waals surface area contributed by atoms with Crippen molar-refractivity contribution in [2.45, 2.75) is 58.7 Å². The Labute approximate surface area is 184 Å². The Balaban J connectivity index is 3.22. The molecule has 0 fully saturated rings. The SMILES string of the molecule is C=Cc1cccc(C(C(=O)NC(C)(C)C)N(CCO)C(=O)CNC(=O)OC(C)(C)C)c1. The van der Waals surface area contributed by atoms with Crippen molar-refractivity contribution < 1.29 is 24.2 Å². The van der Waals surface area contributed by atoms with Crippen molar-refractivity contribution in [3.05, 3.63) is 42.0 Å². The lowest BCUT2D eigenvalue weighted by Gasteiger charge is -2.33. The van der Waals surface area contributed by atoms with Crippen molar-refractivity contribution in [3.8, 4) is 0 Å². The standard InChI is InChI=1S/C23H35N3O5/c1-8-16-10-9-11-17(14-16)19(20(29)25-22(2,3)4)26(12-13-27)18(28)15-24-21(30)31-23(5,6)7/h8-11,14,19,27H,1,12-13,15H2,2-7H3,(H,24,30)(H,25,29). The average molecular weight is 434 g/mol. The van der Waals surface area contributed by atoms with Gasteiger partial charge in [0, 0.05) is 12.1 Å². The van der Waals surface area contributed by atoms with Crippen LogP contribution in [0.5, 0.6) is 0 Å². The van der Waals surface area contributed by atoms with Crippen LogP contribution in [-0.2, 0) is 14.3 Å². The molecule has 1 aromatic rings. The van der Waals surface area contributed by atoms with Crippen molar-refractivity contribution in [1.29, 1.82) is 0 Å². The summed E-state index contributed by atoms with van der Waals surface area (Å²) in [6.45, 7) is 13.6. The second kappa shape index (κ2) is 10.9. The van der Waals surface area contributed by atoms with Crippen molar-refractivity contribution in [3.63, 3.8) is 0 Å². The van der Waals surface area contributed by atoms with Gasteiger partial charge in [-0.15, -0.1) is 0 Å². The molecule has 8 heteroatoms. The van der Waals surface area contributed by atoms with Crippen molar-refractivity contribution in [2.24, 2.45) is 0 Å². The summed E-state index contributed by atoms with van der Waals surface area (Å²) < 4.78 is 5.16. The predicted octanol–water partition coefficient (Wildman–Crippen LogP) is 2.63. The van der Waals surface area contributed by atoms with Gasteiger partial charge in [0.15, 0.2) is 0 Å². The van der Waals surface area contributed by atoms with E-state index in [1.807, 2.05) is 26.8 Å². The second-order valence-corrected chi connectivity index (χ2v) is 9.18. The number of nitrogens with one attached hydrogen (secondary N) is 2. The van der Waals surface area contributed by atoms with Gasteiger partial charge >= 0.3 is 6.09 Å². The molecule has 8 nitrogen and oxygen atoms in total. The molecule has 1 atom stereocenters. The minimum Gasteiger partial charge on any atom is -0.444 e. The van der Waals surface area contributed by atoms with Crippen LogP contribution in [-0.4, -0.2) is 58.8 Å². The number of rotatable bonds is 8. The van der Waals surface area contributed by atoms with E-state index in [9.17, 15) is 19.5 Å². The summed E-state index contributed by atoms with van der Waals surface area (Å²) in [5.41, 5.74) is 0.110. The molecular weight excluding hydrogens is 398 g/mol. The monoisotopic (exact) mass is 433 g/mol. The lowest BCUT2D eigenvalue weighted by atomic mass is 9.99. The largest absolute Gasteiger partial charge is 0.444 e.